The summed E-state index contributed by atoms with van der Waals surface area (Å²) < 4.78 is 0. The quantitative estimate of drug-likeness (QED) is 0.622. The van der Waals surface area contributed by atoms with Gasteiger partial charge in [-0.1, -0.05) is 0 Å². The molecule has 10 heavy (non-hydrogen) atoms. The number of anilines is 1. The van der Waals surface area contributed by atoms with Gasteiger partial charge in [0.2, 0.25) is 0 Å². The predicted molar refractivity (Wildman–Crippen MR) is 47.9 cm³/mol. The molecule has 1 rings (SSSR count). The van der Waals surface area contributed by atoms with Gasteiger partial charge in [-0.2, -0.15) is 0 Å². The molecule has 54 valence electrons. The normalized spacial score (nSPS) is 9.40. The smallest absolute Gasteiger partial charge is 0.0340 e. The van der Waals surface area contributed by atoms with Crippen LogP contribution in [0.4, 0.5) is 5.69 Å². The Labute approximate surface area is 66.9 Å². The van der Waals surface area contributed by atoms with E-state index in [0.717, 1.165) is 17.1 Å². The zero-order valence-corrected chi connectivity index (χ0v) is 6.86. The van der Waals surface area contributed by atoms with E-state index in [-0.39, 0.29) is 0 Å². The predicted octanol–water partition coefficient (Wildman–Crippen LogP) is 2.41. The van der Waals surface area contributed by atoms with E-state index in [1.54, 1.807) is 0 Å². The highest BCUT2D eigenvalue weighted by Crippen LogP contribution is 2.11. The van der Waals surface area contributed by atoms with Crippen molar-refractivity contribution in [3.05, 3.63) is 24.3 Å². The molecule has 0 heterocycles. The van der Waals surface area contributed by atoms with Crippen LogP contribution >= 0.6 is 12.6 Å². The Morgan fingerprint density at radius 2 is 1.90 bits per heavy atom. The molecule has 0 bridgehead atoms. The number of hydrogen-bond acceptors (Lipinski definition) is 2. The number of rotatable bonds is 2. The van der Waals surface area contributed by atoms with E-state index in [9.17, 15) is 0 Å². The maximum Gasteiger partial charge on any atom is 0.0340 e. The van der Waals surface area contributed by atoms with Crippen LogP contribution in [-0.2, 0) is 0 Å². The van der Waals surface area contributed by atoms with Crippen molar-refractivity contribution in [1.29, 1.82) is 0 Å². The Kier molecular flexibility index (Phi) is 2.63. The Bertz CT molecular complexity index is 193. The van der Waals surface area contributed by atoms with Crippen molar-refractivity contribution in [1.82, 2.24) is 0 Å². The van der Waals surface area contributed by atoms with Gasteiger partial charge in [0.1, 0.15) is 0 Å². The van der Waals surface area contributed by atoms with E-state index in [4.69, 9.17) is 0 Å². The maximum atomic E-state index is 4.17. The molecule has 0 radical (unpaired) electrons. The number of benzene rings is 1. The van der Waals surface area contributed by atoms with Gasteiger partial charge < -0.3 is 5.32 Å². The highest BCUT2D eigenvalue weighted by Gasteiger charge is 1.86. The van der Waals surface area contributed by atoms with Crippen molar-refractivity contribution in [3.8, 4) is 0 Å². The summed E-state index contributed by atoms with van der Waals surface area (Å²) in [5.41, 5.74) is 1.15. The number of nitrogens with one attached hydrogen (secondary N) is 1. The standard InChI is InChI=1S/C8H11NS/c1-2-9-7-3-5-8(10)6-4-7/h3-6,9-10H,2H2,1H3. The molecule has 0 fully saturated rings. The first-order valence-electron chi connectivity index (χ1n) is 3.36. The van der Waals surface area contributed by atoms with Crippen molar-refractivity contribution in [2.75, 3.05) is 11.9 Å². The molecule has 0 atom stereocenters. The molecule has 1 N–H and O–H groups in total. The van der Waals surface area contributed by atoms with Crippen LogP contribution < -0.4 is 5.32 Å². The average Bonchev–Trinajstić information content (AvgIpc) is 1.95. The van der Waals surface area contributed by atoms with Gasteiger partial charge in [0.15, 0.2) is 0 Å². The van der Waals surface area contributed by atoms with Crippen LogP contribution in [0, 0.1) is 0 Å². The van der Waals surface area contributed by atoms with Gasteiger partial charge in [-0.15, -0.1) is 12.6 Å². The maximum absolute atomic E-state index is 4.17. The lowest BCUT2D eigenvalue weighted by Gasteiger charge is -2.01. The molecule has 0 saturated carbocycles. The lowest BCUT2D eigenvalue weighted by Crippen LogP contribution is -1.94. The van der Waals surface area contributed by atoms with Gasteiger partial charge in [0.05, 0.1) is 0 Å². The zero-order valence-electron chi connectivity index (χ0n) is 5.96. The minimum Gasteiger partial charge on any atom is -0.385 e. The third-order valence-electron chi connectivity index (χ3n) is 1.25. The minimum atomic E-state index is 0.964. The first-order chi connectivity index (χ1) is 4.83. The average molecular weight is 153 g/mol. The fourth-order valence-corrected chi connectivity index (χ4v) is 0.932. The van der Waals surface area contributed by atoms with Crippen molar-refractivity contribution in [2.45, 2.75) is 11.8 Å². The number of hydrogen-bond donors (Lipinski definition) is 2. The molecule has 0 amide bonds. The number of thiol groups is 1. The van der Waals surface area contributed by atoms with Gasteiger partial charge in [-0.3, -0.25) is 0 Å². The molecule has 0 aliphatic heterocycles. The van der Waals surface area contributed by atoms with Crippen LogP contribution in [0.2, 0.25) is 0 Å². The van der Waals surface area contributed by atoms with Gasteiger partial charge in [-0.05, 0) is 31.2 Å². The van der Waals surface area contributed by atoms with Crippen molar-refractivity contribution in [2.24, 2.45) is 0 Å². The van der Waals surface area contributed by atoms with E-state index < -0.39 is 0 Å². The monoisotopic (exact) mass is 153 g/mol. The van der Waals surface area contributed by atoms with Crippen LogP contribution in [0.15, 0.2) is 29.2 Å². The Balaban J connectivity index is 2.69. The van der Waals surface area contributed by atoms with Gasteiger partial charge in [0.25, 0.3) is 0 Å². The second kappa shape index (κ2) is 3.52. The van der Waals surface area contributed by atoms with E-state index in [1.165, 1.54) is 0 Å². The first-order valence-corrected chi connectivity index (χ1v) is 3.80. The minimum absolute atomic E-state index is 0.964. The van der Waals surface area contributed by atoms with Crippen LogP contribution in [0.25, 0.3) is 0 Å². The summed E-state index contributed by atoms with van der Waals surface area (Å²) in [5, 5.41) is 3.20. The SMILES string of the molecule is CCNc1ccc(S)cc1. The van der Waals surface area contributed by atoms with Crippen LogP contribution in [-0.4, -0.2) is 6.54 Å². The molecular weight excluding hydrogens is 142 g/mol. The van der Waals surface area contributed by atoms with Crippen LogP contribution in [0.1, 0.15) is 6.92 Å². The summed E-state index contributed by atoms with van der Waals surface area (Å²) in [7, 11) is 0. The molecule has 0 aliphatic carbocycles. The highest BCUT2D eigenvalue weighted by molar-refractivity contribution is 7.80. The summed E-state index contributed by atoms with van der Waals surface area (Å²) in [6.45, 7) is 3.04. The second-order valence-corrected chi connectivity index (χ2v) is 2.59. The fourth-order valence-electron chi connectivity index (χ4n) is 0.783. The molecule has 0 saturated heterocycles. The van der Waals surface area contributed by atoms with Gasteiger partial charge >= 0.3 is 0 Å². The lowest BCUT2D eigenvalue weighted by atomic mass is 10.3. The molecule has 0 unspecified atom stereocenters. The van der Waals surface area contributed by atoms with E-state index in [0.29, 0.717) is 0 Å². The topological polar surface area (TPSA) is 12.0 Å². The molecule has 1 nitrogen and oxygen atoms in total. The molecular formula is C8H11NS. The molecule has 1 aromatic carbocycles. The van der Waals surface area contributed by atoms with E-state index in [1.807, 2.05) is 24.3 Å². The summed E-state index contributed by atoms with van der Waals surface area (Å²) in [4.78, 5) is 1.00. The Morgan fingerprint density at radius 1 is 1.30 bits per heavy atom. The molecule has 2 heteroatoms. The fraction of sp³-hybridized carbons (Fsp3) is 0.250. The zero-order chi connectivity index (χ0) is 7.40. The summed E-state index contributed by atoms with van der Waals surface area (Å²) in [5.74, 6) is 0. The third-order valence-corrected chi connectivity index (χ3v) is 1.55. The van der Waals surface area contributed by atoms with Crippen molar-refractivity contribution in [3.63, 3.8) is 0 Å². The van der Waals surface area contributed by atoms with Crippen LogP contribution in [0.5, 0.6) is 0 Å². The molecule has 0 aliphatic rings. The third kappa shape index (κ3) is 1.95. The lowest BCUT2D eigenvalue weighted by molar-refractivity contribution is 1.21. The summed E-state index contributed by atoms with van der Waals surface area (Å²) in [6.07, 6.45) is 0. The first kappa shape index (κ1) is 7.48. The Morgan fingerprint density at radius 3 is 2.40 bits per heavy atom. The Hall–Kier alpha value is -0.630. The van der Waals surface area contributed by atoms with Gasteiger partial charge in [0, 0.05) is 17.1 Å². The molecule has 1 aromatic rings. The summed E-state index contributed by atoms with van der Waals surface area (Å²) in [6, 6.07) is 7.99. The highest BCUT2D eigenvalue weighted by atomic mass is 32.1. The van der Waals surface area contributed by atoms with E-state index >= 15 is 0 Å². The van der Waals surface area contributed by atoms with E-state index in [2.05, 4.69) is 24.9 Å². The molecule has 0 spiro atoms. The second-order valence-electron chi connectivity index (χ2n) is 2.08. The molecule has 0 aromatic heterocycles. The summed E-state index contributed by atoms with van der Waals surface area (Å²) >= 11 is 4.17. The van der Waals surface area contributed by atoms with Crippen molar-refractivity contribution >= 4 is 18.3 Å². The van der Waals surface area contributed by atoms with Crippen molar-refractivity contribution < 1.29 is 0 Å². The largest absolute Gasteiger partial charge is 0.385 e. The van der Waals surface area contributed by atoms with Crippen LogP contribution in [0.3, 0.4) is 0 Å². The van der Waals surface area contributed by atoms with Gasteiger partial charge in [-0.25, -0.2) is 0 Å².